The topological polar surface area (TPSA) is 68.3 Å². The number of hydrogen-bond donors (Lipinski definition) is 0. The fourth-order valence-corrected chi connectivity index (χ4v) is 5.04. The number of rotatable bonds is 7. The molecule has 204 valence electrons. The Hall–Kier alpha value is -4.78. The van der Waals surface area contributed by atoms with E-state index < -0.39 is 0 Å². The molecule has 5 rings (SSSR count). The predicted molar refractivity (Wildman–Crippen MR) is 156 cm³/mol. The molecule has 7 heteroatoms. The van der Waals surface area contributed by atoms with Gasteiger partial charge in [0.2, 0.25) is 11.7 Å². The van der Waals surface area contributed by atoms with Gasteiger partial charge in [0.1, 0.15) is 0 Å². The lowest BCUT2D eigenvalue weighted by atomic mass is 9.95. The molecule has 0 unspecified atom stereocenters. The molecule has 1 aliphatic heterocycles. The summed E-state index contributed by atoms with van der Waals surface area (Å²) in [5.74, 6) is 1.05. The van der Waals surface area contributed by atoms with E-state index in [4.69, 9.17) is 14.2 Å². The molecule has 0 spiro atoms. The van der Waals surface area contributed by atoms with Crippen molar-refractivity contribution in [3.63, 3.8) is 0 Å². The largest absolute Gasteiger partial charge is 0.493 e. The van der Waals surface area contributed by atoms with Crippen molar-refractivity contribution in [1.29, 1.82) is 0 Å². The van der Waals surface area contributed by atoms with Gasteiger partial charge in [0, 0.05) is 37.8 Å². The monoisotopic (exact) mass is 536 g/mol. The first-order chi connectivity index (χ1) is 19.5. The number of carbonyl (C=O) groups is 2. The minimum absolute atomic E-state index is 0.0769. The summed E-state index contributed by atoms with van der Waals surface area (Å²) in [4.78, 5) is 30.4. The Bertz CT molecular complexity index is 1530. The fraction of sp³-hybridized carbons (Fsp3) is 0.212. The Morgan fingerprint density at radius 1 is 0.625 bits per heavy atom. The van der Waals surface area contributed by atoms with Crippen LogP contribution in [0.5, 0.6) is 17.2 Å². The minimum Gasteiger partial charge on any atom is -0.493 e. The number of carbonyl (C=O) groups excluding carboxylic acids is 2. The number of piperazine rings is 1. The van der Waals surface area contributed by atoms with Gasteiger partial charge in [-0.15, -0.1) is 0 Å². The van der Waals surface area contributed by atoms with E-state index in [0.29, 0.717) is 49.0 Å². The molecule has 40 heavy (non-hydrogen) atoms. The molecular formula is C33H32N2O5. The van der Waals surface area contributed by atoms with Crippen molar-refractivity contribution >= 4 is 28.2 Å². The SMILES string of the molecule is COc1cc(C(=O)N2CCN(C(=O)C=C(c3ccccc3)c3ccc4ccccc4c3)CC2)cc(OC)c1OC. The number of amides is 2. The standard InChI is InChI=1S/C33H32N2O5/c1-38-29-20-27(21-30(39-2)32(29)40-3)33(37)35-17-15-34(16-18-35)31(36)22-28(24-10-5-4-6-11-24)26-14-13-23-9-7-8-12-25(23)19-26/h4-14,19-22H,15-18H2,1-3H3. The van der Waals surface area contributed by atoms with Crippen LogP contribution in [0.1, 0.15) is 21.5 Å². The van der Waals surface area contributed by atoms with Crippen LogP contribution < -0.4 is 14.2 Å². The van der Waals surface area contributed by atoms with Gasteiger partial charge in [0.05, 0.1) is 21.3 Å². The van der Waals surface area contributed by atoms with Gasteiger partial charge in [-0.2, -0.15) is 0 Å². The molecule has 0 saturated carbocycles. The lowest BCUT2D eigenvalue weighted by molar-refractivity contribution is -0.127. The van der Waals surface area contributed by atoms with E-state index in [9.17, 15) is 9.59 Å². The molecule has 1 saturated heterocycles. The minimum atomic E-state index is -0.150. The number of methoxy groups -OCH3 is 3. The first-order valence-electron chi connectivity index (χ1n) is 13.2. The van der Waals surface area contributed by atoms with Gasteiger partial charge in [-0.1, -0.05) is 66.7 Å². The molecule has 1 fully saturated rings. The van der Waals surface area contributed by atoms with Gasteiger partial charge in [-0.25, -0.2) is 0 Å². The van der Waals surface area contributed by atoms with Gasteiger partial charge in [0.25, 0.3) is 5.91 Å². The highest BCUT2D eigenvalue weighted by molar-refractivity contribution is 6.01. The molecule has 1 aliphatic rings. The van der Waals surface area contributed by atoms with Crippen molar-refractivity contribution in [3.8, 4) is 17.2 Å². The third-order valence-electron chi connectivity index (χ3n) is 7.20. The van der Waals surface area contributed by atoms with Crippen molar-refractivity contribution in [2.75, 3.05) is 47.5 Å². The summed E-state index contributed by atoms with van der Waals surface area (Å²) >= 11 is 0. The molecule has 4 aromatic rings. The van der Waals surface area contributed by atoms with Crippen LogP contribution in [0.15, 0.2) is 91.0 Å². The quantitative estimate of drug-likeness (QED) is 0.301. The third-order valence-corrected chi connectivity index (χ3v) is 7.20. The molecule has 2 amide bonds. The van der Waals surface area contributed by atoms with Gasteiger partial charge in [0.15, 0.2) is 11.5 Å². The molecule has 0 N–H and O–H groups in total. The van der Waals surface area contributed by atoms with Crippen molar-refractivity contribution in [3.05, 3.63) is 108 Å². The van der Waals surface area contributed by atoms with Crippen LogP contribution >= 0.6 is 0 Å². The molecule has 0 radical (unpaired) electrons. The summed E-state index contributed by atoms with van der Waals surface area (Å²) in [6.45, 7) is 1.72. The van der Waals surface area contributed by atoms with Crippen LogP contribution in [0, 0.1) is 0 Å². The van der Waals surface area contributed by atoms with E-state index in [-0.39, 0.29) is 11.8 Å². The summed E-state index contributed by atoms with van der Waals surface area (Å²) in [6.07, 6.45) is 1.72. The summed E-state index contributed by atoms with van der Waals surface area (Å²) in [7, 11) is 4.56. The van der Waals surface area contributed by atoms with Crippen LogP contribution in [-0.4, -0.2) is 69.1 Å². The zero-order valence-electron chi connectivity index (χ0n) is 22.9. The summed E-state index contributed by atoms with van der Waals surface area (Å²) in [5, 5.41) is 2.27. The van der Waals surface area contributed by atoms with Crippen molar-refractivity contribution < 1.29 is 23.8 Å². The fourth-order valence-electron chi connectivity index (χ4n) is 5.04. The highest BCUT2D eigenvalue weighted by Gasteiger charge is 2.26. The molecule has 4 aromatic carbocycles. The number of hydrogen-bond acceptors (Lipinski definition) is 5. The first kappa shape index (κ1) is 26.8. The number of nitrogens with zero attached hydrogens (tertiary/aromatic N) is 2. The average Bonchev–Trinajstić information content (AvgIpc) is 3.02. The molecular weight excluding hydrogens is 504 g/mol. The molecule has 0 bridgehead atoms. The maximum absolute atomic E-state index is 13.5. The van der Waals surface area contributed by atoms with Gasteiger partial charge in [-0.05, 0) is 45.7 Å². The third kappa shape index (κ3) is 5.50. The predicted octanol–water partition coefficient (Wildman–Crippen LogP) is 5.28. The maximum Gasteiger partial charge on any atom is 0.254 e. The summed E-state index contributed by atoms with van der Waals surface area (Å²) < 4.78 is 16.2. The van der Waals surface area contributed by atoms with E-state index in [1.807, 2.05) is 42.5 Å². The summed E-state index contributed by atoms with van der Waals surface area (Å²) in [5.41, 5.74) is 3.26. The molecule has 0 aromatic heterocycles. The first-order valence-corrected chi connectivity index (χ1v) is 13.2. The molecule has 1 heterocycles. The Labute approximate surface area is 234 Å². The van der Waals surface area contributed by atoms with Crippen molar-refractivity contribution in [1.82, 2.24) is 9.80 Å². The Morgan fingerprint density at radius 2 is 1.23 bits per heavy atom. The van der Waals surface area contributed by atoms with E-state index in [0.717, 1.165) is 27.5 Å². The number of fused-ring (bicyclic) bond motifs is 1. The Morgan fingerprint density at radius 3 is 1.85 bits per heavy atom. The normalized spacial score (nSPS) is 13.7. The van der Waals surface area contributed by atoms with E-state index in [1.165, 1.54) is 21.3 Å². The molecule has 7 nitrogen and oxygen atoms in total. The Balaban J connectivity index is 1.35. The van der Waals surface area contributed by atoms with Crippen LogP contribution in [0.2, 0.25) is 0 Å². The smallest absolute Gasteiger partial charge is 0.254 e. The maximum atomic E-state index is 13.5. The van der Waals surface area contributed by atoms with Crippen LogP contribution in [0.25, 0.3) is 16.3 Å². The lowest BCUT2D eigenvalue weighted by Crippen LogP contribution is -2.50. The van der Waals surface area contributed by atoms with E-state index in [2.05, 4.69) is 30.3 Å². The van der Waals surface area contributed by atoms with E-state index >= 15 is 0 Å². The van der Waals surface area contributed by atoms with Gasteiger partial charge >= 0.3 is 0 Å². The second kappa shape index (κ2) is 11.9. The van der Waals surface area contributed by atoms with E-state index in [1.54, 1.807) is 28.0 Å². The zero-order valence-corrected chi connectivity index (χ0v) is 22.9. The van der Waals surface area contributed by atoms with Crippen LogP contribution in [0.3, 0.4) is 0 Å². The van der Waals surface area contributed by atoms with Gasteiger partial charge < -0.3 is 24.0 Å². The van der Waals surface area contributed by atoms with Crippen molar-refractivity contribution in [2.24, 2.45) is 0 Å². The van der Waals surface area contributed by atoms with Crippen molar-refractivity contribution in [2.45, 2.75) is 0 Å². The highest BCUT2D eigenvalue weighted by Crippen LogP contribution is 2.38. The van der Waals surface area contributed by atoms with Crippen LogP contribution in [0.4, 0.5) is 0 Å². The second-order valence-electron chi connectivity index (χ2n) is 9.52. The lowest BCUT2D eigenvalue weighted by Gasteiger charge is -2.34. The van der Waals surface area contributed by atoms with Crippen LogP contribution in [-0.2, 0) is 4.79 Å². The zero-order chi connectivity index (χ0) is 28.1. The average molecular weight is 537 g/mol. The number of ether oxygens (including phenoxy) is 3. The second-order valence-corrected chi connectivity index (χ2v) is 9.52. The van der Waals surface area contributed by atoms with Gasteiger partial charge in [-0.3, -0.25) is 9.59 Å². The number of benzene rings is 4. The molecule has 0 aliphatic carbocycles. The molecule has 0 atom stereocenters. The Kier molecular flexibility index (Phi) is 8.01. The highest BCUT2D eigenvalue weighted by atomic mass is 16.5. The summed E-state index contributed by atoms with van der Waals surface area (Å²) in [6, 6.07) is 27.7.